The summed E-state index contributed by atoms with van der Waals surface area (Å²) in [6, 6.07) is 0. The fraction of sp³-hybridized carbons (Fsp3) is 0.900. The lowest BCUT2D eigenvalue weighted by Gasteiger charge is -2.43. The van der Waals surface area contributed by atoms with Gasteiger partial charge in [-0.25, -0.2) is 4.39 Å². The van der Waals surface area contributed by atoms with E-state index in [1.54, 1.807) is 4.90 Å². The molecule has 3 heterocycles. The molecule has 0 unspecified atom stereocenters. The highest BCUT2D eigenvalue weighted by Gasteiger charge is 2.53. The molecule has 6 heteroatoms. The van der Waals surface area contributed by atoms with Crippen LogP contribution in [0.3, 0.4) is 0 Å². The van der Waals surface area contributed by atoms with Gasteiger partial charge < -0.3 is 14.7 Å². The van der Waals surface area contributed by atoms with Crippen molar-refractivity contribution < 1.29 is 14.0 Å². The van der Waals surface area contributed by atoms with Gasteiger partial charge >= 0.3 is 0 Å². The maximum atomic E-state index is 14.6. The molecule has 0 aromatic rings. The van der Waals surface area contributed by atoms with E-state index in [1.807, 2.05) is 4.90 Å². The molecule has 2 amide bonds. The fourth-order valence-electron chi connectivity index (χ4n) is 5.29. The predicted molar refractivity (Wildman–Crippen MR) is 97.4 cm³/mol. The number of halogens is 1. The standard InChI is InChI=1S/C20H32FN3O2/c1-22-11-4-16(5-12-22)14-23-13-9-19(17(23)25)6-3-10-24(15-19)18(26)20(21)7-2-8-20/h16H,2-15H2,1H3/t19-/m1/s1. The number of carbonyl (C=O) groups is 2. The summed E-state index contributed by atoms with van der Waals surface area (Å²) in [5, 5.41) is 0. The molecule has 0 bridgehead atoms. The smallest absolute Gasteiger partial charge is 0.260 e. The average Bonchev–Trinajstić information content (AvgIpc) is 2.90. The van der Waals surface area contributed by atoms with E-state index in [1.165, 1.54) is 0 Å². The third kappa shape index (κ3) is 3.14. The van der Waals surface area contributed by atoms with Crippen LogP contribution in [0, 0.1) is 11.3 Å². The molecule has 0 aromatic carbocycles. The summed E-state index contributed by atoms with van der Waals surface area (Å²) in [6.07, 6.45) is 6.29. The van der Waals surface area contributed by atoms with Gasteiger partial charge in [0.2, 0.25) is 5.91 Å². The molecule has 4 fully saturated rings. The Morgan fingerprint density at radius 2 is 1.81 bits per heavy atom. The first-order valence-corrected chi connectivity index (χ1v) is 10.4. The molecular formula is C20H32FN3O2. The van der Waals surface area contributed by atoms with Gasteiger partial charge in [0.1, 0.15) is 0 Å². The molecule has 4 aliphatic rings. The molecule has 1 spiro atoms. The number of piperidine rings is 2. The van der Waals surface area contributed by atoms with Gasteiger partial charge in [-0.2, -0.15) is 0 Å². The van der Waals surface area contributed by atoms with Gasteiger partial charge in [0, 0.05) is 26.2 Å². The van der Waals surface area contributed by atoms with Crippen molar-refractivity contribution >= 4 is 11.8 Å². The van der Waals surface area contributed by atoms with Gasteiger partial charge in [0.25, 0.3) is 5.91 Å². The number of rotatable bonds is 3. The van der Waals surface area contributed by atoms with Crippen molar-refractivity contribution in [2.45, 2.75) is 57.0 Å². The molecule has 1 aliphatic carbocycles. The van der Waals surface area contributed by atoms with Crippen LogP contribution in [0.1, 0.15) is 51.4 Å². The number of carbonyl (C=O) groups excluding carboxylic acids is 2. The normalized spacial score (nSPS) is 32.9. The highest BCUT2D eigenvalue weighted by molar-refractivity contribution is 5.89. The number of hydrogen-bond donors (Lipinski definition) is 0. The second-order valence-electron chi connectivity index (χ2n) is 9.18. The first-order chi connectivity index (χ1) is 12.4. The highest BCUT2D eigenvalue weighted by Crippen LogP contribution is 2.43. The zero-order chi connectivity index (χ0) is 18.4. The Labute approximate surface area is 155 Å². The molecule has 0 radical (unpaired) electrons. The van der Waals surface area contributed by atoms with Crippen LogP contribution in [0.2, 0.25) is 0 Å². The van der Waals surface area contributed by atoms with Gasteiger partial charge in [0.15, 0.2) is 5.67 Å². The molecule has 146 valence electrons. The fourth-order valence-corrected chi connectivity index (χ4v) is 5.29. The minimum absolute atomic E-state index is 0.218. The van der Waals surface area contributed by atoms with E-state index >= 15 is 0 Å². The molecule has 4 rings (SSSR count). The van der Waals surface area contributed by atoms with Crippen molar-refractivity contribution in [3.63, 3.8) is 0 Å². The summed E-state index contributed by atoms with van der Waals surface area (Å²) in [7, 11) is 2.15. The highest BCUT2D eigenvalue weighted by atomic mass is 19.1. The average molecular weight is 365 g/mol. The third-order valence-corrected chi connectivity index (χ3v) is 7.31. The van der Waals surface area contributed by atoms with Crippen molar-refractivity contribution in [3.05, 3.63) is 0 Å². The first-order valence-electron chi connectivity index (χ1n) is 10.4. The Hall–Kier alpha value is -1.17. The second kappa shape index (κ2) is 6.77. The minimum atomic E-state index is -1.64. The lowest BCUT2D eigenvalue weighted by atomic mass is 9.76. The van der Waals surface area contributed by atoms with Crippen LogP contribution in [-0.4, -0.2) is 78.5 Å². The Balaban J connectivity index is 1.39. The van der Waals surface area contributed by atoms with Gasteiger partial charge in [-0.3, -0.25) is 9.59 Å². The summed E-state index contributed by atoms with van der Waals surface area (Å²) in [4.78, 5) is 31.9. The zero-order valence-corrected chi connectivity index (χ0v) is 16.0. The molecule has 3 aliphatic heterocycles. The van der Waals surface area contributed by atoms with Crippen LogP contribution in [0.4, 0.5) is 4.39 Å². The number of nitrogens with zero attached hydrogens (tertiary/aromatic N) is 3. The number of hydrogen-bond acceptors (Lipinski definition) is 3. The van der Waals surface area contributed by atoms with Crippen molar-refractivity contribution in [1.82, 2.24) is 14.7 Å². The van der Waals surface area contributed by atoms with Crippen molar-refractivity contribution in [2.24, 2.45) is 11.3 Å². The molecule has 0 N–H and O–H groups in total. The molecule has 1 saturated carbocycles. The van der Waals surface area contributed by atoms with E-state index in [0.717, 1.165) is 64.7 Å². The van der Waals surface area contributed by atoms with E-state index < -0.39 is 11.1 Å². The van der Waals surface area contributed by atoms with Crippen LogP contribution in [-0.2, 0) is 9.59 Å². The lowest BCUT2D eigenvalue weighted by Crippen LogP contribution is -2.56. The molecule has 1 atom stereocenters. The summed E-state index contributed by atoms with van der Waals surface area (Å²) in [5.41, 5.74) is -2.09. The largest absolute Gasteiger partial charge is 0.342 e. The number of amides is 2. The van der Waals surface area contributed by atoms with E-state index in [-0.39, 0.29) is 11.8 Å². The maximum absolute atomic E-state index is 14.6. The SMILES string of the molecule is CN1CCC(CN2CC[C@@]3(CCCN(C(=O)C4(F)CCC4)C3)C2=O)CC1. The summed E-state index contributed by atoms with van der Waals surface area (Å²) >= 11 is 0. The second-order valence-corrected chi connectivity index (χ2v) is 9.18. The van der Waals surface area contributed by atoms with Crippen molar-refractivity contribution in [3.8, 4) is 0 Å². The summed E-state index contributed by atoms with van der Waals surface area (Å²) in [6.45, 7) is 4.91. The first kappa shape index (κ1) is 18.2. The van der Waals surface area contributed by atoms with Gasteiger partial charge in [0.05, 0.1) is 5.41 Å². The van der Waals surface area contributed by atoms with E-state index in [0.29, 0.717) is 31.8 Å². The molecular weight excluding hydrogens is 333 g/mol. The molecule has 3 saturated heterocycles. The lowest BCUT2D eigenvalue weighted by molar-refractivity contribution is -0.156. The van der Waals surface area contributed by atoms with Gasteiger partial charge in [-0.05, 0) is 77.4 Å². The zero-order valence-electron chi connectivity index (χ0n) is 16.0. The Bertz CT molecular complexity index is 571. The van der Waals surface area contributed by atoms with Crippen LogP contribution in [0.15, 0.2) is 0 Å². The van der Waals surface area contributed by atoms with Crippen LogP contribution >= 0.6 is 0 Å². The van der Waals surface area contributed by atoms with Crippen LogP contribution in [0.25, 0.3) is 0 Å². The minimum Gasteiger partial charge on any atom is -0.342 e. The third-order valence-electron chi connectivity index (χ3n) is 7.31. The van der Waals surface area contributed by atoms with E-state index in [4.69, 9.17) is 0 Å². The number of alkyl halides is 1. The maximum Gasteiger partial charge on any atom is 0.260 e. The predicted octanol–water partition coefficient (Wildman–Crippen LogP) is 2.06. The molecule has 0 aromatic heterocycles. The summed E-state index contributed by atoms with van der Waals surface area (Å²) in [5.74, 6) is 0.454. The quantitative estimate of drug-likeness (QED) is 0.769. The molecule has 5 nitrogen and oxygen atoms in total. The van der Waals surface area contributed by atoms with E-state index in [2.05, 4.69) is 11.9 Å². The Morgan fingerprint density at radius 1 is 1.08 bits per heavy atom. The monoisotopic (exact) mass is 365 g/mol. The Morgan fingerprint density at radius 3 is 2.46 bits per heavy atom. The number of likely N-dealkylation sites (tertiary alicyclic amines) is 3. The van der Waals surface area contributed by atoms with Gasteiger partial charge in [-0.1, -0.05) is 0 Å². The van der Waals surface area contributed by atoms with Crippen molar-refractivity contribution in [2.75, 3.05) is 46.3 Å². The topological polar surface area (TPSA) is 43.9 Å². The Kier molecular flexibility index (Phi) is 4.74. The summed E-state index contributed by atoms with van der Waals surface area (Å²) < 4.78 is 14.6. The van der Waals surface area contributed by atoms with Gasteiger partial charge in [-0.15, -0.1) is 0 Å². The van der Waals surface area contributed by atoms with Crippen LogP contribution < -0.4 is 0 Å². The van der Waals surface area contributed by atoms with Crippen molar-refractivity contribution in [1.29, 1.82) is 0 Å². The van der Waals surface area contributed by atoms with E-state index in [9.17, 15) is 14.0 Å². The van der Waals surface area contributed by atoms with Crippen LogP contribution in [0.5, 0.6) is 0 Å². The molecule has 26 heavy (non-hydrogen) atoms.